The first-order valence-corrected chi connectivity index (χ1v) is 10.6. The van der Waals surface area contributed by atoms with Gasteiger partial charge in [-0.3, -0.25) is 4.79 Å². The minimum atomic E-state index is -0.0833. The number of carbonyl (C=O) groups is 1. The van der Waals surface area contributed by atoms with E-state index in [9.17, 15) is 4.79 Å². The predicted molar refractivity (Wildman–Crippen MR) is 116 cm³/mol. The van der Waals surface area contributed by atoms with Crippen LogP contribution in [0.5, 0.6) is 5.75 Å². The highest BCUT2D eigenvalue weighted by Crippen LogP contribution is 2.26. The number of hydrogen-bond acceptors (Lipinski definition) is 7. The molecule has 1 N–H and O–H groups in total. The van der Waals surface area contributed by atoms with Crippen molar-refractivity contribution in [3.05, 3.63) is 52.9 Å². The minimum absolute atomic E-state index is 0.0833. The van der Waals surface area contributed by atoms with Crippen molar-refractivity contribution in [1.82, 2.24) is 24.6 Å². The Balaban J connectivity index is 1.39. The molecule has 0 spiro atoms. The van der Waals surface area contributed by atoms with Crippen molar-refractivity contribution in [2.75, 3.05) is 11.9 Å². The molecule has 9 heteroatoms. The summed E-state index contributed by atoms with van der Waals surface area (Å²) in [4.78, 5) is 25.6. The van der Waals surface area contributed by atoms with Crippen molar-refractivity contribution in [2.24, 2.45) is 0 Å². The van der Waals surface area contributed by atoms with Gasteiger partial charge >= 0.3 is 0 Å². The van der Waals surface area contributed by atoms with Crippen molar-refractivity contribution in [1.29, 1.82) is 0 Å². The third kappa shape index (κ3) is 4.16. The Hall–Kier alpha value is -3.33. The molecule has 30 heavy (non-hydrogen) atoms. The molecule has 0 bridgehead atoms. The number of aryl methyl sites for hydroxylation is 2. The lowest BCUT2D eigenvalue weighted by Crippen LogP contribution is -2.14. The smallest absolute Gasteiger partial charge is 0.252 e. The Labute approximate surface area is 178 Å². The fourth-order valence-electron chi connectivity index (χ4n) is 3.29. The summed E-state index contributed by atoms with van der Waals surface area (Å²) >= 11 is 1.41. The van der Waals surface area contributed by atoms with Crippen molar-refractivity contribution in [3.63, 3.8) is 0 Å². The number of fused-ring (bicyclic) bond motifs is 1. The van der Waals surface area contributed by atoms with E-state index in [1.54, 1.807) is 4.52 Å². The van der Waals surface area contributed by atoms with Gasteiger partial charge in [-0.1, -0.05) is 0 Å². The Morgan fingerprint density at radius 3 is 2.77 bits per heavy atom. The van der Waals surface area contributed by atoms with E-state index in [-0.39, 0.29) is 5.91 Å². The SMILES string of the molecule is CCOc1ccc(-c2csc(NC(=O)CCc3c(C)nc4ncnn4c3C)n2)cc1. The van der Waals surface area contributed by atoms with Crippen LogP contribution in [0.2, 0.25) is 0 Å². The molecular weight excluding hydrogens is 400 g/mol. The van der Waals surface area contributed by atoms with E-state index in [0.717, 1.165) is 34.0 Å². The summed E-state index contributed by atoms with van der Waals surface area (Å²) in [6.45, 7) is 6.48. The van der Waals surface area contributed by atoms with E-state index >= 15 is 0 Å². The number of amides is 1. The van der Waals surface area contributed by atoms with E-state index in [2.05, 4.69) is 25.4 Å². The molecule has 154 valence electrons. The fourth-order valence-corrected chi connectivity index (χ4v) is 4.03. The molecule has 4 aromatic rings. The molecule has 8 nitrogen and oxygen atoms in total. The van der Waals surface area contributed by atoms with E-state index in [0.29, 0.717) is 30.4 Å². The molecule has 1 amide bonds. The highest BCUT2D eigenvalue weighted by Gasteiger charge is 2.14. The monoisotopic (exact) mass is 422 g/mol. The second-order valence-corrected chi connectivity index (χ2v) is 7.63. The largest absolute Gasteiger partial charge is 0.494 e. The minimum Gasteiger partial charge on any atom is -0.494 e. The van der Waals surface area contributed by atoms with Crippen LogP contribution in [0.1, 0.15) is 30.3 Å². The van der Waals surface area contributed by atoms with Gasteiger partial charge in [-0.2, -0.15) is 10.1 Å². The van der Waals surface area contributed by atoms with Gasteiger partial charge in [-0.15, -0.1) is 11.3 Å². The van der Waals surface area contributed by atoms with Crippen LogP contribution in [0, 0.1) is 13.8 Å². The van der Waals surface area contributed by atoms with Crippen LogP contribution in [0.25, 0.3) is 17.0 Å². The summed E-state index contributed by atoms with van der Waals surface area (Å²) in [5.74, 6) is 1.32. The number of aromatic nitrogens is 5. The molecule has 0 unspecified atom stereocenters. The Morgan fingerprint density at radius 2 is 2.00 bits per heavy atom. The fraction of sp³-hybridized carbons (Fsp3) is 0.286. The molecule has 0 aliphatic rings. The lowest BCUT2D eigenvalue weighted by Gasteiger charge is -2.10. The van der Waals surface area contributed by atoms with E-state index in [1.165, 1.54) is 17.7 Å². The lowest BCUT2D eigenvalue weighted by molar-refractivity contribution is -0.116. The number of ether oxygens (including phenoxy) is 1. The quantitative estimate of drug-likeness (QED) is 0.486. The number of hydrogen-bond donors (Lipinski definition) is 1. The number of benzene rings is 1. The summed E-state index contributed by atoms with van der Waals surface area (Å²) in [5, 5.41) is 9.60. The normalized spacial score (nSPS) is 11.0. The van der Waals surface area contributed by atoms with Crippen LogP contribution in [0.4, 0.5) is 5.13 Å². The number of thiazole rings is 1. The van der Waals surface area contributed by atoms with Crippen molar-refractivity contribution in [2.45, 2.75) is 33.6 Å². The van der Waals surface area contributed by atoms with Crippen LogP contribution >= 0.6 is 11.3 Å². The topological polar surface area (TPSA) is 94.3 Å². The maximum atomic E-state index is 12.5. The van der Waals surface area contributed by atoms with Gasteiger partial charge in [0, 0.05) is 28.8 Å². The van der Waals surface area contributed by atoms with Crippen LogP contribution in [0.3, 0.4) is 0 Å². The van der Waals surface area contributed by atoms with Gasteiger partial charge in [0.2, 0.25) is 5.91 Å². The molecule has 4 rings (SSSR count). The van der Waals surface area contributed by atoms with Gasteiger partial charge in [0.05, 0.1) is 12.3 Å². The van der Waals surface area contributed by atoms with Crippen LogP contribution < -0.4 is 10.1 Å². The zero-order chi connectivity index (χ0) is 21.1. The standard InChI is InChI=1S/C21H22N6O2S/c1-4-29-16-7-5-15(6-8-16)18-11-30-21(25-18)26-19(28)10-9-17-13(2)24-20-22-12-23-27(20)14(17)3/h5-8,11-12H,4,9-10H2,1-3H3,(H,25,26,28). The number of rotatable bonds is 7. The average molecular weight is 423 g/mol. The first-order chi connectivity index (χ1) is 14.5. The third-order valence-electron chi connectivity index (χ3n) is 4.80. The molecule has 0 aliphatic heterocycles. The molecule has 0 saturated heterocycles. The highest BCUT2D eigenvalue weighted by atomic mass is 32.1. The second-order valence-electron chi connectivity index (χ2n) is 6.78. The van der Waals surface area contributed by atoms with Gasteiger partial charge in [0.25, 0.3) is 5.78 Å². The van der Waals surface area contributed by atoms with Gasteiger partial charge in [-0.05, 0) is 57.0 Å². The van der Waals surface area contributed by atoms with Gasteiger partial charge in [0.1, 0.15) is 12.1 Å². The Morgan fingerprint density at radius 1 is 1.20 bits per heavy atom. The Kier molecular flexibility index (Phi) is 5.71. The zero-order valence-electron chi connectivity index (χ0n) is 17.0. The molecule has 3 aromatic heterocycles. The van der Waals surface area contributed by atoms with Crippen LogP contribution in [0.15, 0.2) is 36.0 Å². The zero-order valence-corrected chi connectivity index (χ0v) is 17.9. The van der Waals surface area contributed by atoms with Crippen molar-refractivity contribution in [3.8, 4) is 17.0 Å². The number of carbonyl (C=O) groups excluding carboxylic acids is 1. The van der Waals surface area contributed by atoms with E-state index < -0.39 is 0 Å². The maximum Gasteiger partial charge on any atom is 0.252 e. The molecule has 1 aromatic carbocycles. The summed E-state index contributed by atoms with van der Waals surface area (Å²) in [5.41, 5.74) is 4.64. The van der Waals surface area contributed by atoms with E-state index in [1.807, 2.05) is 50.4 Å². The molecule has 0 fully saturated rings. The molecule has 0 atom stereocenters. The van der Waals surface area contributed by atoms with Crippen molar-refractivity contribution < 1.29 is 9.53 Å². The number of nitrogens with one attached hydrogen (secondary N) is 1. The van der Waals surface area contributed by atoms with Gasteiger partial charge < -0.3 is 10.1 Å². The van der Waals surface area contributed by atoms with Crippen LogP contribution in [-0.2, 0) is 11.2 Å². The molecule has 0 radical (unpaired) electrons. The molecule has 0 saturated carbocycles. The summed E-state index contributed by atoms with van der Waals surface area (Å²) < 4.78 is 7.16. The lowest BCUT2D eigenvalue weighted by atomic mass is 10.1. The number of anilines is 1. The average Bonchev–Trinajstić information content (AvgIpc) is 3.38. The molecule has 0 aliphatic carbocycles. The molecular formula is C21H22N6O2S. The first kappa shape index (κ1) is 20.0. The summed E-state index contributed by atoms with van der Waals surface area (Å²) in [7, 11) is 0. The van der Waals surface area contributed by atoms with Gasteiger partial charge in [-0.25, -0.2) is 14.5 Å². The van der Waals surface area contributed by atoms with Gasteiger partial charge in [0.15, 0.2) is 5.13 Å². The molecule has 3 heterocycles. The third-order valence-corrected chi connectivity index (χ3v) is 5.56. The highest BCUT2D eigenvalue weighted by molar-refractivity contribution is 7.14. The maximum absolute atomic E-state index is 12.5. The van der Waals surface area contributed by atoms with Crippen LogP contribution in [-0.4, -0.2) is 37.1 Å². The second kappa shape index (κ2) is 8.58. The Bertz CT molecular complexity index is 1180. The summed E-state index contributed by atoms with van der Waals surface area (Å²) in [6.07, 6.45) is 2.39. The first-order valence-electron chi connectivity index (χ1n) is 9.69. The predicted octanol–water partition coefficient (Wildman–Crippen LogP) is 3.83. The summed E-state index contributed by atoms with van der Waals surface area (Å²) in [6, 6.07) is 7.76. The van der Waals surface area contributed by atoms with Crippen molar-refractivity contribution >= 4 is 28.2 Å². The number of nitrogens with zero attached hydrogens (tertiary/aromatic N) is 5. The van der Waals surface area contributed by atoms with E-state index in [4.69, 9.17) is 4.74 Å².